The highest BCUT2D eigenvalue weighted by Gasteiger charge is 2.44. The van der Waals surface area contributed by atoms with Gasteiger partial charge in [-0.1, -0.05) is 23.9 Å². The second kappa shape index (κ2) is 8.43. The van der Waals surface area contributed by atoms with E-state index in [0.717, 1.165) is 24.2 Å². The molecular weight excluding hydrogens is 424 g/mol. The first-order valence-electron chi connectivity index (χ1n) is 10.8. The third-order valence-electron chi connectivity index (χ3n) is 6.07. The van der Waals surface area contributed by atoms with E-state index < -0.39 is 6.17 Å². The first-order chi connectivity index (χ1) is 15.6. The number of H-pyrrole nitrogens is 1. The van der Waals surface area contributed by atoms with Crippen LogP contribution in [-0.4, -0.2) is 28.3 Å². The fourth-order valence-electron chi connectivity index (χ4n) is 4.62. The van der Waals surface area contributed by atoms with E-state index in [0.29, 0.717) is 22.1 Å². The molecule has 2 heterocycles. The predicted octanol–water partition coefficient (Wildman–Crippen LogP) is 3.68. The van der Waals surface area contributed by atoms with Crippen molar-refractivity contribution in [3.05, 3.63) is 64.4 Å². The lowest BCUT2D eigenvalue weighted by Gasteiger charge is -2.31. The molecule has 32 heavy (non-hydrogen) atoms. The third kappa shape index (κ3) is 3.58. The SMILES string of the molecule is CSc1n[n+]2c(c(=O)[nH]1)-c1ccccc1N(C(C)=O)[C@H]2c1ccc(OC2CCCC2)cc1. The van der Waals surface area contributed by atoms with Gasteiger partial charge in [-0.25, -0.2) is 4.90 Å². The van der Waals surface area contributed by atoms with Crippen molar-refractivity contribution in [2.24, 2.45) is 0 Å². The number of ether oxygens (including phenoxy) is 1. The lowest BCUT2D eigenvalue weighted by molar-refractivity contribution is -0.763. The van der Waals surface area contributed by atoms with Gasteiger partial charge in [0.15, 0.2) is 0 Å². The van der Waals surface area contributed by atoms with Crippen LogP contribution in [0.25, 0.3) is 11.3 Å². The van der Waals surface area contributed by atoms with Gasteiger partial charge in [0.05, 0.1) is 17.4 Å². The van der Waals surface area contributed by atoms with Crippen LogP contribution in [0.4, 0.5) is 5.69 Å². The lowest BCUT2D eigenvalue weighted by Crippen LogP contribution is -2.60. The van der Waals surface area contributed by atoms with Crippen LogP contribution >= 0.6 is 11.8 Å². The number of rotatable bonds is 4. The van der Waals surface area contributed by atoms with Crippen molar-refractivity contribution in [2.75, 3.05) is 11.2 Å². The maximum Gasteiger partial charge on any atom is 0.325 e. The van der Waals surface area contributed by atoms with Gasteiger partial charge in [-0.05, 0) is 73.0 Å². The number of carbonyl (C=O) groups excluding carboxylic acids is 1. The van der Waals surface area contributed by atoms with Crippen LogP contribution in [-0.2, 0) is 4.79 Å². The van der Waals surface area contributed by atoms with E-state index >= 15 is 0 Å². The molecule has 7 nitrogen and oxygen atoms in total. The highest BCUT2D eigenvalue weighted by molar-refractivity contribution is 7.98. The Morgan fingerprint density at radius 3 is 2.56 bits per heavy atom. The van der Waals surface area contributed by atoms with Crippen molar-refractivity contribution in [1.29, 1.82) is 0 Å². The number of hydrogen-bond donors (Lipinski definition) is 1. The van der Waals surface area contributed by atoms with Gasteiger partial charge in [0.1, 0.15) is 5.75 Å². The molecule has 2 aliphatic rings. The smallest absolute Gasteiger partial charge is 0.325 e. The van der Waals surface area contributed by atoms with Crippen LogP contribution in [0.5, 0.6) is 5.75 Å². The molecule has 8 heteroatoms. The van der Waals surface area contributed by atoms with Crippen LogP contribution in [0.3, 0.4) is 0 Å². The van der Waals surface area contributed by atoms with Crippen molar-refractivity contribution in [1.82, 2.24) is 10.1 Å². The Morgan fingerprint density at radius 1 is 1.16 bits per heavy atom. The first-order valence-corrected chi connectivity index (χ1v) is 12.0. The maximum atomic E-state index is 13.1. The molecule has 1 fully saturated rings. The number of fused-ring (bicyclic) bond motifs is 3. The standard InChI is InChI=1S/C24H24N4O3S/c1-15(29)27-20-10-6-5-9-19(20)21-22(30)25-24(32-2)26-28(21)23(27)16-11-13-18(14-12-16)31-17-7-3-4-8-17/h5-6,9-14,17,23H,3-4,7-8H2,1-2H3/p+1/t23-/m1/s1. The second-order valence-corrected chi connectivity index (χ2v) is 8.92. The van der Waals surface area contributed by atoms with Crippen LogP contribution < -0.4 is 19.9 Å². The van der Waals surface area contributed by atoms with E-state index in [1.807, 2.05) is 54.8 Å². The molecule has 3 aromatic rings. The average molecular weight is 450 g/mol. The number of anilines is 1. The van der Waals surface area contributed by atoms with Crippen LogP contribution in [0, 0.1) is 0 Å². The first kappa shape index (κ1) is 20.8. The van der Waals surface area contributed by atoms with E-state index in [1.165, 1.54) is 31.5 Å². The molecule has 1 amide bonds. The monoisotopic (exact) mass is 449 g/mol. The summed E-state index contributed by atoms with van der Waals surface area (Å²) in [6, 6.07) is 15.2. The number of hydrogen-bond acceptors (Lipinski definition) is 5. The molecule has 1 N–H and O–H groups in total. The van der Waals surface area contributed by atoms with Gasteiger partial charge in [-0.2, -0.15) is 0 Å². The molecule has 1 aliphatic carbocycles. The minimum Gasteiger partial charge on any atom is -0.490 e. The van der Waals surface area contributed by atoms with E-state index in [1.54, 1.807) is 9.58 Å². The molecular formula is C24H25N4O3S+. The number of para-hydroxylation sites is 1. The Hall–Kier alpha value is -3.13. The minimum atomic E-state index is -0.578. The molecule has 0 spiro atoms. The number of nitrogens with one attached hydrogen (secondary N) is 1. The Morgan fingerprint density at radius 2 is 1.88 bits per heavy atom. The van der Waals surface area contributed by atoms with Crippen LogP contribution in [0.1, 0.15) is 44.3 Å². The summed E-state index contributed by atoms with van der Waals surface area (Å²) >= 11 is 1.35. The Bertz CT molecular complexity index is 1220. The molecule has 0 radical (unpaired) electrons. The molecule has 1 atom stereocenters. The number of aromatic amines is 1. The summed E-state index contributed by atoms with van der Waals surface area (Å²) < 4.78 is 7.78. The minimum absolute atomic E-state index is 0.125. The van der Waals surface area contributed by atoms with Crippen LogP contribution in [0.2, 0.25) is 0 Å². The zero-order chi connectivity index (χ0) is 22.2. The van der Waals surface area contributed by atoms with Gasteiger partial charge < -0.3 is 4.74 Å². The molecule has 1 aromatic heterocycles. The summed E-state index contributed by atoms with van der Waals surface area (Å²) in [5.74, 6) is 0.694. The second-order valence-electron chi connectivity index (χ2n) is 8.13. The fraction of sp³-hybridized carbons (Fsp3) is 0.333. The van der Waals surface area contributed by atoms with Gasteiger partial charge in [0.25, 0.3) is 6.17 Å². The molecule has 1 saturated carbocycles. The molecule has 5 rings (SSSR count). The summed E-state index contributed by atoms with van der Waals surface area (Å²) in [4.78, 5) is 30.5. The number of nitrogens with zero attached hydrogens (tertiary/aromatic N) is 3. The van der Waals surface area contributed by atoms with Gasteiger partial charge in [-0.3, -0.25) is 14.6 Å². The molecule has 0 bridgehead atoms. The van der Waals surface area contributed by atoms with E-state index in [-0.39, 0.29) is 17.6 Å². The van der Waals surface area contributed by atoms with E-state index in [9.17, 15) is 9.59 Å². The van der Waals surface area contributed by atoms with Crippen molar-refractivity contribution in [2.45, 2.75) is 50.0 Å². The number of aromatic nitrogens is 3. The van der Waals surface area contributed by atoms with Gasteiger partial charge in [-0.15, -0.1) is 0 Å². The zero-order valence-electron chi connectivity index (χ0n) is 18.1. The molecule has 0 saturated heterocycles. The van der Waals surface area contributed by atoms with Crippen LogP contribution in [0.15, 0.2) is 58.5 Å². The lowest BCUT2D eigenvalue weighted by atomic mass is 10.0. The van der Waals surface area contributed by atoms with Gasteiger partial charge in [0.2, 0.25) is 11.1 Å². The summed E-state index contributed by atoms with van der Waals surface area (Å²) in [6.45, 7) is 1.54. The predicted molar refractivity (Wildman–Crippen MR) is 123 cm³/mol. The summed E-state index contributed by atoms with van der Waals surface area (Å²) in [7, 11) is 0. The van der Waals surface area contributed by atoms with E-state index in [2.05, 4.69) is 10.1 Å². The number of carbonyl (C=O) groups is 1. The number of thioether (sulfide) groups is 1. The fourth-order valence-corrected chi connectivity index (χ4v) is 4.99. The molecule has 0 unspecified atom stereocenters. The van der Waals surface area contributed by atoms with Crippen molar-refractivity contribution < 1.29 is 14.2 Å². The largest absolute Gasteiger partial charge is 0.490 e. The van der Waals surface area contributed by atoms with Crippen molar-refractivity contribution in [3.8, 4) is 17.0 Å². The molecule has 164 valence electrons. The highest BCUT2D eigenvalue weighted by atomic mass is 32.2. The van der Waals surface area contributed by atoms with Crippen molar-refractivity contribution >= 4 is 23.4 Å². The highest BCUT2D eigenvalue weighted by Crippen LogP contribution is 2.37. The molecule has 2 aromatic carbocycles. The summed E-state index contributed by atoms with van der Waals surface area (Å²) in [5, 5.41) is 5.18. The normalized spacial score (nSPS) is 17.7. The number of benzene rings is 2. The summed E-state index contributed by atoms with van der Waals surface area (Å²) in [6.07, 6.45) is 6.16. The Kier molecular flexibility index (Phi) is 5.46. The van der Waals surface area contributed by atoms with Gasteiger partial charge >= 0.3 is 11.3 Å². The quantitative estimate of drug-likeness (QED) is 0.486. The Balaban J connectivity index is 1.64. The topological polar surface area (TPSA) is 79.2 Å². The summed E-state index contributed by atoms with van der Waals surface area (Å²) in [5.41, 5.74) is 2.44. The number of amides is 1. The average Bonchev–Trinajstić information content (AvgIpc) is 3.31. The third-order valence-corrected chi connectivity index (χ3v) is 6.64. The maximum absolute atomic E-state index is 13.1. The molecule has 1 aliphatic heterocycles. The Labute approximate surface area is 190 Å². The van der Waals surface area contributed by atoms with Gasteiger partial charge in [0, 0.05) is 17.6 Å². The van der Waals surface area contributed by atoms with Crippen molar-refractivity contribution in [3.63, 3.8) is 0 Å². The van der Waals surface area contributed by atoms with E-state index in [4.69, 9.17) is 4.74 Å². The zero-order valence-corrected chi connectivity index (χ0v) is 18.9.